The maximum atomic E-state index is 11.6. The molecule has 20 heavy (non-hydrogen) atoms. The average molecular weight is 292 g/mol. The number of carbonyl (C=O) groups excluding carboxylic acids is 1. The standard InChI is InChI=1S/C13H12N2O4S/c1-8-7-20-13(14-8)15-11(16)6-19-10-4-2-3-9(5-10)12(17)18/h2-5,7H,6H2,1H3,(H,17,18)(H,14,15,16). The molecule has 0 aliphatic rings. The molecule has 1 aromatic heterocycles. The van der Waals surface area contributed by atoms with Gasteiger partial charge in [0.2, 0.25) is 0 Å². The van der Waals surface area contributed by atoms with E-state index in [1.165, 1.54) is 23.5 Å². The lowest BCUT2D eigenvalue weighted by Crippen LogP contribution is -2.20. The zero-order chi connectivity index (χ0) is 14.5. The topological polar surface area (TPSA) is 88.5 Å². The van der Waals surface area contributed by atoms with E-state index in [0.717, 1.165) is 5.69 Å². The van der Waals surface area contributed by atoms with Crippen molar-refractivity contribution in [3.05, 3.63) is 40.9 Å². The second kappa shape index (κ2) is 6.16. The lowest BCUT2D eigenvalue weighted by Gasteiger charge is -2.06. The van der Waals surface area contributed by atoms with Crippen molar-refractivity contribution in [3.63, 3.8) is 0 Å². The van der Waals surface area contributed by atoms with Crippen LogP contribution in [-0.2, 0) is 4.79 Å². The molecule has 2 aromatic rings. The lowest BCUT2D eigenvalue weighted by atomic mass is 10.2. The second-order valence-electron chi connectivity index (χ2n) is 3.96. The molecule has 0 aliphatic heterocycles. The number of thiazole rings is 1. The average Bonchev–Trinajstić information content (AvgIpc) is 2.82. The zero-order valence-electron chi connectivity index (χ0n) is 10.6. The summed E-state index contributed by atoms with van der Waals surface area (Å²) in [6, 6.07) is 5.96. The van der Waals surface area contributed by atoms with Crippen LogP contribution in [0.15, 0.2) is 29.6 Å². The minimum absolute atomic E-state index is 0.110. The van der Waals surface area contributed by atoms with E-state index in [1.54, 1.807) is 12.1 Å². The van der Waals surface area contributed by atoms with Gasteiger partial charge in [0.15, 0.2) is 11.7 Å². The van der Waals surface area contributed by atoms with E-state index in [9.17, 15) is 9.59 Å². The number of amides is 1. The van der Waals surface area contributed by atoms with E-state index >= 15 is 0 Å². The molecule has 6 nitrogen and oxygen atoms in total. The number of rotatable bonds is 5. The summed E-state index contributed by atoms with van der Waals surface area (Å²) in [6.07, 6.45) is 0. The predicted octanol–water partition coefficient (Wildman–Crippen LogP) is 2.17. The van der Waals surface area contributed by atoms with Crippen LogP contribution in [0.5, 0.6) is 5.75 Å². The molecule has 2 rings (SSSR count). The van der Waals surface area contributed by atoms with Crippen LogP contribution in [0.3, 0.4) is 0 Å². The quantitative estimate of drug-likeness (QED) is 0.881. The van der Waals surface area contributed by atoms with Crippen LogP contribution in [0.4, 0.5) is 5.13 Å². The Labute approximate surface area is 119 Å². The van der Waals surface area contributed by atoms with Crippen LogP contribution in [0.2, 0.25) is 0 Å². The fourth-order valence-electron chi connectivity index (χ4n) is 1.43. The molecular weight excluding hydrogens is 280 g/mol. The highest BCUT2D eigenvalue weighted by molar-refractivity contribution is 7.13. The van der Waals surface area contributed by atoms with Crippen molar-refractivity contribution in [2.24, 2.45) is 0 Å². The Hall–Kier alpha value is -2.41. The number of aryl methyl sites for hydroxylation is 1. The summed E-state index contributed by atoms with van der Waals surface area (Å²) in [4.78, 5) is 26.5. The summed E-state index contributed by atoms with van der Waals surface area (Å²) in [5, 5.41) is 13.8. The van der Waals surface area contributed by atoms with Crippen molar-refractivity contribution in [1.29, 1.82) is 0 Å². The van der Waals surface area contributed by atoms with Crippen molar-refractivity contribution in [3.8, 4) is 5.75 Å². The van der Waals surface area contributed by atoms with Crippen molar-refractivity contribution in [1.82, 2.24) is 4.98 Å². The molecule has 2 N–H and O–H groups in total. The molecule has 0 atom stereocenters. The summed E-state index contributed by atoms with van der Waals surface area (Å²) in [5.74, 6) is -1.06. The maximum absolute atomic E-state index is 11.6. The first-order valence-electron chi connectivity index (χ1n) is 5.73. The number of hydrogen-bond acceptors (Lipinski definition) is 5. The highest BCUT2D eigenvalue weighted by Crippen LogP contribution is 2.15. The number of ether oxygens (including phenoxy) is 1. The molecule has 1 heterocycles. The van der Waals surface area contributed by atoms with Gasteiger partial charge in [0, 0.05) is 5.38 Å². The molecule has 104 valence electrons. The second-order valence-corrected chi connectivity index (χ2v) is 4.82. The van der Waals surface area contributed by atoms with Crippen LogP contribution >= 0.6 is 11.3 Å². The van der Waals surface area contributed by atoms with Crippen LogP contribution in [0, 0.1) is 6.92 Å². The van der Waals surface area contributed by atoms with E-state index in [-0.39, 0.29) is 18.1 Å². The fourth-order valence-corrected chi connectivity index (χ4v) is 2.14. The molecule has 0 aliphatic carbocycles. The zero-order valence-corrected chi connectivity index (χ0v) is 11.4. The monoisotopic (exact) mass is 292 g/mol. The van der Waals surface area contributed by atoms with Gasteiger partial charge >= 0.3 is 5.97 Å². The number of nitrogens with zero attached hydrogens (tertiary/aromatic N) is 1. The predicted molar refractivity (Wildman–Crippen MR) is 74.4 cm³/mol. The van der Waals surface area contributed by atoms with Gasteiger partial charge in [-0.05, 0) is 25.1 Å². The Balaban J connectivity index is 1.90. The molecule has 0 spiro atoms. The molecule has 0 fully saturated rings. The van der Waals surface area contributed by atoms with E-state index < -0.39 is 5.97 Å². The number of aromatic nitrogens is 1. The van der Waals surface area contributed by atoms with Gasteiger partial charge in [0.1, 0.15) is 5.75 Å². The molecule has 7 heteroatoms. The number of carboxylic acid groups (broad SMARTS) is 1. The third-order valence-corrected chi connectivity index (χ3v) is 3.19. The highest BCUT2D eigenvalue weighted by Gasteiger charge is 2.08. The summed E-state index contributed by atoms with van der Waals surface area (Å²) in [7, 11) is 0. The first kappa shape index (κ1) is 14.0. The summed E-state index contributed by atoms with van der Waals surface area (Å²) in [6.45, 7) is 1.63. The molecule has 0 saturated heterocycles. The summed E-state index contributed by atoms with van der Waals surface area (Å²) >= 11 is 1.33. The number of hydrogen-bond donors (Lipinski definition) is 2. The molecule has 1 aromatic carbocycles. The normalized spacial score (nSPS) is 10.1. The molecule has 0 saturated carbocycles. The first-order valence-corrected chi connectivity index (χ1v) is 6.60. The number of nitrogens with one attached hydrogen (secondary N) is 1. The third kappa shape index (κ3) is 3.79. The van der Waals surface area contributed by atoms with Gasteiger partial charge in [-0.3, -0.25) is 10.1 Å². The number of carboxylic acids is 1. The Kier molecular flexibility index (Phi) is 4.31. The molecule has 1 amide bonds. The SMILES string of the molecule is Cc1csc(NC(=O)COc2cccc(C(=O)O)c2)n1. The van der Waals surface area contributed by atoms with E-state index in [0.29, 0.717) is 10.9 Å². The van der Waals surface area contributed by atoms with Crippen molar-refractivity contribution in [2.45, 2.75) is 6.92 Å². The minimum atomic E-state index is -1.04. The van der Waals surface area contributed by atoms with Crippen LogP contribution < -0.4 is 10.1 Å². The van der Waals surface area contributed by atoms with Crippen LogP contribution in [0.1, 0.15) is 16.1 Å². The lowest BCUT2D eigenvalue weighted by molar-refractivity contribution is -0.118. The smallest absolute Gasteiger partial charge is 0.335 e. The van der Waals surface area contributed by atoms with Crippen LogP contribution in [-0.4, -0.2) is 28.6 Å². The highest BCUT2D eigenvalue weighted by atomic mass is 32.1. The van der Waals surface area contributed by atoms with Gasteiger partial charge in [-0.2, -0.15) is 0 Å². The van der Waals surface area contributed by atoms with E-state index in [4.69, 9.17) is 9.84 Å². The number of carbonyl (C=O) groups is 2. The van der Waals surface area contributed by atoms with Crippen molar-refractivity contribution in [2.75, 3.05) is 11.9 Å². The van der Waals surface area contributed by atoms with Gasteiger partial charge in [-0.25, -0.2) is 9.78 Å². The molecule has 0 unspecified atom stereocenters. The van der Waals surface area contributed by atoms with Crippen molar-refractivity contribution < 1.29 is 19.4 Å². The maximum Gasteiger partial charge on any atom is 0.335 e. The fraction of sp³-hybridized carbons (Fsp3) is 0.154. The summed E-state index contributed by atoms with van der Waals surface area (Å²) < 4.78 is 5.24. The molecule has 0 radical (unpaired) electrons. The Morgan fingerprint density at radius 2 is 2.25 bits per heavy atom. The largest absolute Gasteiger partial charge is 0.484 e. The summed E-state index contributed by atoms with van der Waals surface area (Å²) in [5.41, 5.74) is 0.943. The number of anilines is 1. The van der Waals surface area contributed by atoms with Crippen molar-refractivity contribution >= 4 is 28.3 Å². The Morgan fingerprint density at radius 1 is 1.45 bits per heavy atom. The Morgan fingerprint density at radius 3 is 2.90 bits per heavy atom. The Bertz CT molecular complexity index is 639. The van der Waals surface area contributed by atoms with Gasteiger partial charge in [-0.1, -0.05) is 6.07 Å². The van der Waals surface area contributed by atoms with E-state index in [2.05, 4.69) is 10.3 Å². The minimum Gasteiger partial charge on any atom is -0.484 e. The first-order chi connectivity index (χ1) is 9.54. The molecule has 0 bridgehead atoms. The van der Waals surface area contributed by atoms with Gasteiger partial charge in [-0.15, -0.1) is 11.3 Å². The van der Waals surface area contributed by atoms with Gasteiger partial charge in [0.25, 0.3) is 5.91 Å². The van der Waals surface area contributed by atoms with E-state index in [1.807, 2.05) is 12.3 Å². The van der Waals surface area contributed by atoms with Gasteiger partial charge in [0.05, 0.1) is 11.3 Å². The molecular formula is C13H12N2O4S. The third-order valence-electron chi connectivity index (χ3n) is 2.32. The van der Waals surface area contributed by atoms with Gasteiger partial charge < -0.3 is 9.84 Å². The number of benzene rings is 1. The van der Waals surface area contributed by atoms with Crippen LogP contribution in [0.25, 0.3) is 0 Å². The number of aromatic carboxylic acids is 1.